The number of fused-ring (bicyclic) bond motifs is 6. The molecule has 216 valence electrons. The third kappa shape index (κ3) is 4.44. The fourth-order valence-electron chi connectivity index (χ4n) is 6.99. The number of anilines is 1. The molecule has 0 fully saturated rings. The Kier molecular flexibility index (Phi) is 6.37. The molecule has 2 radical (unpaired) electrons. The maximum atomic E-state index is 12.7. The minimum atomic E-state index is -0.486. The molecule has 2 nitrogen and oxygen atoms in total. The lowest BCUT2D eigenvalue weighted by Crippen LogP contribution is -2.37. The number of rotatable bonds is 4. The van der Waals surface area contributed by atoms with Gasteiger partial charge in [-0.05, 0) is 105 Å². The third-order valence-corrected chi connectivity index (χ3v) is 9.08. The second-order valence-corrected chi connectivity index (χ2v) is 12.9. The van der Waals surface area contributed by atoms with E-state index in [4.69, 9.17) is 0 Å². The Bertz CT molecular complexity index is 2000. The van der Waals surface area contributed by atoms with Gasteiger partial charge in [0, 0.05) is 0 Å². The summed E-state index contributed by atoms with van der Waals surface area (Å²) in [5, 5.41) is 13.8. The van der Waals surface area contributed by atoms with Crippen LogP contribution in [0.4, 0.5) is 5.69 Å². The van der Waals surface area contributed by atoms with E-state index in [0.29, 0.717) is 5.69 Å². The predicted molar refractivity (Wildman–Crippen MR) is 186 cm³/mol. The second kappa shape index (κ2) is 10.5. The first-order valence-electron chi connectivity index (χ1n) is 15.6. The Balaban J connectivity index is 1.33. The molecule has 2 aliphatic rings. The van der Waals surface area contributed by atoms with Gasteiger partial charge in [-0.1, -0.05) is 139 Å². The fraction of sp³-hybridized carbons (Fsp3) is 0.0930. The molecule has 0 saturated heterocycles. The van der Waals surface area contributed by atoms with Crippen molar-refractivity contribution in [3.63, 3.8) is 0 Å². The van der Waals surface area contributed by atoms with Crippen LogP contribution in [0.3, 0.4) is 0 Å². The minimum Gasteiger partial charge on any atom is -0.215 e. The van der Waals surface area contributed by atoms with Gasteiger partial charge in [-0.3, -0.25) is 0 Å². The molecule has 0 aliphatic heterocycles. The van der Waals surface area contributed by atoms with Crippen LogP contribution in [0.5, 0.6) is 0 Å². The summed E-state index contributed by atoms with van der Waals surface area (Å²) in [5.41, 5.74) is 16.3. The molecule has 8 rings (SSSR count). The van der Waals surface area contributed by atoms with Crippen molar-refractivity contribution in [1.82, 2.24) is 0 Å². The van der Waals surface area contributed by atoms with Gasteiger partial charge in [0.15, 0.2) is 0 Å². The van der Waals surface area contributed by atoms with Gasteiger partial charge >= 0.3 is 0 Å². The standard InChI is InChI=1S/C43H33NO/c1-43(2,3)44(45)31-26-24-29(25-27-31)28-20-22-30(23-21-28)40(41-36-16-8-4-12-32(36)33-13-5-9-17-37(33)41)42-38-18-10-6-14-34(38)35-15-7-11-19-39(35)42/h4-27H,1-3H3. The summed E-state index contributed by atoms with van der Waals surface area (Å²) in [4.78, 5) is 0. The SMILES string of the molecule is CC(C)(C)N([O])c1ccc(-c2ccc(C([C]3c4ccccc4-c4ccccc43)=C3c4ccccc4-c4ccccc43)cc2)cc1. The van der Waals surface area contributed by atoms with E-state index >= 15 is 0 Å². The van der Waals surface area contributed by atoms with Crippen LogP contribution in [0.15, 0.2) is 146 Å². The van der Waals surface area contributed by atoms with Crippen molar-refractivity contribution in [2.45, 2.75) is 26.3 Å². The van der Waals surface area contributed by atoms with E-state index in [0.717, 1.165) is 16.2 Å². The predicted octanol–water partition coefficient (Wildman–Crippen LogP) is 10.9. The summed E-state index contributed by atoms with van der Waals surface area (Å²) < 4.78 is 0. The molecule has 0 N–H and O–H groups in total. The van der Waals surface area contributed by atoms with Gasteiger partial charge in [0.2, 0.25) is 0 Å². The molecule has 0 unspecified atom stereocenters. The molecular weight excluding hydrogens is 546 g/mol. The van der Waals surface area contributed by atoms with Crippen LogP contribution in [0, 0.1) is 5.92 Å². The quantitative estimate of drug-likeness (QED) is 0.190. The normalized spacial score (nSPS) is 13.2. The van der Waals surface area contributed by atoms with Gasteiger partial charge in [0.05, 0.1) is 17.1 Å². The van der Waals surface area contributed by atoms with E-state index in [1.165, 1.54) is 67.1 Å². The van der Waals surface area contributed by atoms with Gasteiger partial charge in [-0.2, -0.15) is 0 Å². The molecular formula is C43H33NO. The molecule has 0 saturated carbocycles. The monoisotopic (exact) mass is 579 g/mol. The Labute approximate surface area is 265 Å². The van der Waals surface area contributed by atoms with Crippen molar-refractivity contribution < 1.29 is 5.21 Å². The third-order valence-electron chi connectivity index (χ3n) is 9.08. The van der Waals surface area contributed by atoms with Crippen LogP contribution in [-0.2, 0) is 5.21 Å². The van der Waals surface area contributed by atoms with Gasteiger partial charge in [0.25, 0.3) is 0 Å². The minimum absolute atomic E-state index is 0.486. The van der Waals surface area contributed by atoms with Crippen molar-refractivity contribution in [1.29, 1.82) is 0 Å². The van der Waals surface area contributed by atoms with Crippen LogP contribution >= 0.6 is 0 Å². The first-order valence-corrected chi connectivity index (χ1v) is 15.6. The summed E-state index contributed by atoms with van der Waals surface area (Å²) in [5.74, 6) is 1.28. The number of allylic oxidation sites excluding steroid dienone is 1. The Morgan fingerprint density at radius 1 is 0.444 bits per heavy atom. The number of hydrogen-bond acceptors (Lipinski definition) is 1. The highest BCUT2D eigenvalue weighted by Gasteiger charge is 2.36. The van der Waals surface area contributed by atoms with Crippen LogP contribution in [-0.4, -0.2) is 5.54 Å². The summed E-state index contributed by atoms with van der Waals surface area (Å²) in [6.07, 6.45) is 0. The van der Waals surface area contributed by atoms with Crippen molar-refractivity contribution in [3.8, 4) is 33.4 Å². The average Bonchev–Trinajstić information content (AvgIpc) is 3.58. The highest BCUT2D eigenvalue weighted by Crippen LogP contribution is 2.56. The van der Waals surface area contributed by atoms with E-state index in [1.807, 2.05) is 45.0 Å². The van der Waals surface area contributed by atoms with Crippen LogP contribution in [0.2, 0.25) is 0 Å². The first kappa shape index (κ1) is 27.4. The Hall–Kier alpha value is -5.18. The highest BCUT2D eigenvalue weighted by atomic mass is 16.5. The van der Waals surface area contributed by atoms with Gasteiger partial charge in [-0.25, -0.2) is 5.06 Å². The van der Waals surface area contributed by atoms with Crippen LogP contribution in [0.25, 0.3) is 44.5 Å². The lowest BCUT2D eigenvalue weighted by atomic mass is 9.79. The topological polar surface area (TPSA) is 23.1 Å². The second-order valence-electron chi connectivity index (χ2n) is 12.9. The van der Waals surface area contributed by atoms with E-state index in [1.54, 1.807) is 0 Å². The number of benzene rings is 6. The Morgan fingerprint density at radius 3 is 1.22 bits per heavy atom. The summed E-state index contributed by atoms with van der Waals surface area (Å²) >= 11 is 0. The van der Waals surface area contributed by atoms with Crippen molar-refractivity contribution in [3.05, 3.63) is 179 Å². The molecule has 0 bridgehead atoms. The van der Waals surface area contributed by atoms with Crippen molar-refractivity contribution in [2.24, 2.45) is 0 Å². The lowest BCUT2D eigenvalue weighted by molar-refractivity contribution is 0.102. The van der Waals surface area contributed by atoms with E-state index < -0.39 is 5.54 Å². The van der Waals surface area contributed by atoms with Gasteiger partial charge in [-0.15, -0.1) is 0 Å². The fourth-order valence-corrected chi connectivity index (χ4v) is 6.99. The average molecular weight is 580 g/mol. The molecule has 2 heteroatoms. The molecule has 0 amide bonds. The molecule has 6 aromatic carbocycles. The largest absolute Gasteiger partial charge is 0.215 e. The van der Waals surface area contributed by atoms with Crippen LogP contribution in [0.1, 0.15) is 48.6 Å². The maximum absolute atomic E-state index is 12.7. The van der Waals surface area contributed by atoms with E-state index in [9.17, 15) is 5.21 Å². The van der Waals surface area contributed by atoms with Gasteiger partial charge in [0.1, 0.15) is 0 Å². The number of hydroxylamine groups is 1. The van der Waals surface area contributed by atoms with E-state index in [-0.39, 0.29) is 0 Å². The molecule has 0 spiro atoms. The molecule has 0 aromatic heterocycles. The summed E-state index contributed by atoms with van der Waals surface area (Å²) in [6, 6.07) is 52.1. The Morgan fingerprint density at radius 2 is 0.800 bits per heavy atom. The summed E-state index contributed by atoms with van der Waals surface area (Å²) in [6.45, 7) is 5.79. The van der Waals surface area contributed by atoms with Gasteiger partial charge < -0.3 is 0 Å². The zero-order valence-corrected chi connectivity index (χ0v) is 25.7. The molecule has 0 heterocycles. The molecule has 2 aliphatic carbocycles. The first-order chi connectivity index (χ1) is 21.9. The molecule has 45 heavy (non-hydrogen) atoms. The zero-order chi connectivity index (χ0) is 30.7. The van der Waals surface area contributed by atoms with Crippen molar-refractivity contribution in [2.75, 3.05) is 5.06 Å². The van der Waals surface area contributed by atoms with E-state index in [2.05, 4.69) is 121 Å². The van der Waals surface area contributed by atoms with Crippen LogP contribution < -0.4 is 5.06 Å². The summed E-state index contributed by atoms with van der Waals surface area (Å²) in [7, 11) is 0. The molecule has 0 atom stereocenters. The number of nitrogens with zero attached hydrogens (tertiary/aromatic N) is 1. The smallest absolute Gasteiger partial charge is 0.0674 e. The highest BCUT2D eigenvalue weighted by molar-refractivity contribution is 6.16. The number of hydrogen-bond donors (Lipinski definition) is 0. The maximum Gasteiger partial charge on any atom is 0.0674 e. The molecule has 6 aromatic rings. The van der Waals surface area contributed by atoms with Crippen molar-refractivity contribution >= 4 is 16.8 Å². The zero-order valence-electron chi connectivity index (χ0n) is 25.7. The lowest BCUT2D eigenvalue weighted by Gasteiger charge is -2.28.